The maximum Gasteiger partial charge on any atom is 0.251 e. The number of amides is 1. The van der Waals surface area contributed by atoms with E-state index in [9.17, 15) is 4.79 Å². The van der Waals surface area contributed by atoms with Gasteiger partial charge in [-0.25, -0.2) is 4.68 Å². The van der Waals surface area contributed by atoms with Gasteiger partial charge in [-0.3, -0.25) is 9.79 Å². The number of hydrogen-bond donors (Lipinski definition) is 3. The number of ether oxygens (including phenoxy) is 1. The van der Waals surface area contributed by atoms with Crippen LogP contribution in [0.25, 0.3) is 5.69 Å². The van der Waals surface area contributed by atoms with E-state index in [1.807, 2.05) is 23.0 Å². The van der Waals surface area contributed by atoms with Crippen molar-refractivity contribution in [3.05, 3.63) is 78.1 Å². The van der Waals surface area contributed by atoms with Gasteiger partial charge in [0.1, 0.15) is 5.75 Å². The van der Waals surface area contributed by atoms with Crippen molar-refractivity contribution in [2.45, 2.75) is 6.42 Å². The van der Waals surface area contributed by atoms with Gasteiger partial charge in [-0.1, -0.05) is 18.2 Å². The van der Waals surface area contributed by atoms with Gasteiger partial charge < -0.3 is 20.7 Å². The monoisotopic (exact) mass is 420 g/mol. The van der Waals surface area contributed by atoms with Gasteiger partial charge in [-0.05, 0) is 48.4 Å². The summed E-state index contributed by atoms with van der Waals surface area (Å²) in [4.78, 5) is 16.4. The summed E-state index contributed by atoms with van der Waals surface area (Å²) in [5, 5.41) is 13.6. The highest BCUT2D eigenvalue weighted by atomic mass is 16.5. The van der Waals surface area contributed by atoms with Crippen LogP contribution in [0.2, 0.25) is 0 Å². The van der Waals surface area contributed by atoms with Gasteiger partial charge >= 0.3 is 0 Å². The number of rotatable bonds is 9. The molecule has 1 heterocycles. The number of nitrogens with zero attached hydrogens (tertiary/aromatic N) is 3. The van der Waals surface area contributed by atoms with E-state index >= 15 is 0 Å². The molecule has 8 heteroatoms. The molecule has 0 bridgehead atoms. The van der Waals surface area contributed by atoms with Gasteiger partial charge in [0.05, 0.1) is 12.8 Å². The molecule has 0 aliphatic carbocycles. The number of aromatic nitrogens is 2. The van der Waals surface area contributed by atoms with E-state index in [1.54, 1.807) is 38.6 Å². The number of hydrogen-bond acceptors (Lipinski definition) is 4. The Labute approximate surface area is 182 Å². The second-order valence-electron chi connectivity index (χ2n) is 6.78. The highest BCUT2D eigenvalue weighted by Crippen LogP contribution is 2.12. The van der Waals surface area contributed by atoms with E-state index in [2.05, 4.69) is 50.3 Å². The van der Waals surface area contributed by atoms with Crippen LogP contribution in [0.3, 0.4) is 0 Å². The Balaban J connectivity index is 1.35. The van der Waals surface area contributed by atoms with Crippen molar-refractivity contribution < 1.29 is 9.53 Å². The molecule has 162 valence electrons. The molecule has 3 N–H and O–H groups in total. The van der Waals surface area contributed by atoms with Crippen molar-refractivity contribution in [2.24, 2.45) is 4.99 Å². The van der Waals surface area contributed by atoms with Gasteiger partial charge in [-0.2, -0.15) is 5.10 Å². The number of aliphatic imine (C=N–C) groups is 1. The number of carbonyl (C=O) groups is 1. The number of carbonyl (C=O) groups excluding carboxylic acids is 1. The van der Waals surface area contributed by atoms with Crippen LogP contribution in [0.4, 0.5) is 0 Å². The molecule has 0 spiro atoms. The normalized spacial score (nSPS) is 11.1. The molecule has 31 heavy (non-hydrogen) atoms. The van der Waals surface area contributed by atoms with E-state index < -0.39 is 0 Å². The van der Waals surface area contributed by atoms with Crippen molar-refractivity contribution in [1.82, 2.24) is 25.7 Å². The minimum Gasteiger partial charge on any atom is -0.497 e. The van der Waals surface area contributed by atoms with Gasteiger partial charge in [0.25, 0.3) is 5.91 Å². The molecular weight excluding hydrogens is 392 g/mol. The number of benzene rings is 2. The average Bonchev–Trinajstić information content (AvgIpc) is 3.36. The largest absolute Gasteiger partial charge is 0.497 e. The average molecular weight is 421 g/mol. The van der Waals surface area contributed by atoms with Crippen LogP contribution < -0.4 is 20.7 Å². The second kappa shape index (κ2) is 11.4. The summed E-state index contributed by atoms with van der Waals surface area (Å²) in [6.45, 7) is 1.79. The Hall–Kier alpha value is -3.81. The standard InChI is InChI=1S/C23H28N6O2/c1-24-23(27-15-14-25-22(30)19-5-3-6-21(17-19)31-2)26-13-11-18-7-9-20(10-8-18)29-16-4-12-28-29/h3-10,12,16-17H,11,13-15H2,1-2H3,(H,25,30)(H2,24,26,27). The van der Waals surface area contributed by atoms with Crippen LogP contribution >= 0.6 is 0 Å². The van der Waals surface area contributed by atoms with Crippen LogP contribution in [0.5, 0.6) is 5.75 Å². The zero-order valence-corrected chi connectivity index (χ0v) is 17.8. The lowest BCUT2D eigenvalue weighted by Crippen LogP contribution is -2.42. The molecule has 0 saturated carbocycles. The maximum absolute atomic E-state index is 12.2. The molecule has 3 rings (SSSR count). The third kappa shape index (κ3) is 6.60. The van der Waals surface area contributed by atoms with E-state index in [4.69, 9.17) is 4.74 Å². The summed E-state index contributed by atoms with van der Waals surface area (Å²) in [6.07, 6.45) is 4.55. The Kier molecular flexibility index (Phi) is 8.05. The summed E-state index contributed by atoms with van der Waals surface area (Å²) >= 11 is 0. The molecule has 0 aliphatic heterocycles. The summed E-state index contributed by atoms with van der Waals surface area (Å²) in [7, 11) is 3.30. The number of guanidine groups is 1. The second-order valence-corrected chi connectivity index (χ2v) is 6.78. The zero-order valence-electron chi connectivity index (χ0n) is 17.8. The van der Waals surface area contributed by atoms with Crippen molar-refractivity contribution >= 4 is 11.9 Å². The maximum atomic E-state index is 12.2. The van der Waals surface area contributed by atoms with Gasteiger partial charge in [0, 0.05) is 44.6 Å². The van der Waals surface area contributed by atoms with E-state index in [-0.39, 0.29) is 5.91 Å². The minimum atomic E-state index is -0.137. The lowest BCUT2D eigenvalue weighted by molar-refractivity contribution is 0.0954. The molecule has 3 aromatic rings. The summed E-state index contributed by atoms with van der Waals surface area (Å²) in [6, 6.07) is 17.3. The van der Waals surface area contributed by atoms with Crippen molar-refractivity contribution in [3.8, 4) is 11.4 Å². The molecule has 1 aromatic heterocycles. The van der Waals surface area contributed by atoms with E-state index in [0.29, 0.717) is 30.4 Å². The predicted molar refractivity (Wildman–Crippen MR) is 122 cm³/mol. The molecule has 1 amide bonds. The molecule has 0 atom stereocenters. The van der Waals surface area contributed by atoms with Crippen molar-refractivity contribution in [3.63, 3.8) is 0 Å². The number of nitrogens with one attached hydrogen (secondary N) is 3. The first kappa shape index (κ1) is 21.9. The molecule has 0 radical (unpaired) electrons. The first-order valence-corrected chi connectivity index (χ1v) is 10.2. The first-order valence-electron chi connectivity index (χ1n) is 10.2. The Bertz CT molecular complexity index is 984. The fraction of sp³-hybridized carbons (Fsp3) is 0.261. The van der Waals surface area contributed by atoms with E-state index in [1.165, 1.54) is 5.56 Å². The molecule has 0 saturated heterocycles. The SMILES string of the molecule is CN=C(NCCNC(=O)c1cccc(OC)c1)NCCc1ccc(-n2cccn2)cc1. The predicted octanol–water partition coefficient (Wildman–Crippen LogP) is 2.02. The van der Waals surface area contributed by atoms with Crippen molar-refractivity contribution in [2.75, 3.05) is 33.8 Å². The van der Waals surface area contributed by atoms with Crippen LogP contribution in [-0.4, -0.2) is 55.4 Å². The summed E-state index contributed by atoms with van der Waals surface area (Å²) in [5.41, 5.74) is 2.83. The van der Waals surface area contributed by atoms with Gasteiger partial charge in [0.2, 0.25) is 0 Å². The Morgan fingerprint density at radius 3 is 2.52 bits per heavy atom. The topological polar surface area (TPSA) is 92.6 Å². The van der Waals surface area contributed by atoms with Crippen molar-refractivity contribution in [1.29, 1.82) is 0 Å². The number of methoxy groups -OCH3 is 1. The first-order chi connectivity index (χ1) is 15.2. The van der Waals surface area contributed by atoms with Crippen LogP contribution in [0.15, 0.2) is 72.0 Å². The fourth-order valence-corrected chi connectivity index (χ4v) is 3.01. The Morgan fingerprint density at radius 2 is 1.81 bits per heavy atom. The zero-order chi connectivity index (χ0) is 21.9. The lowest BCUT2D eigenvalue weighted by Gasteiger charge is -2.13. The molecule has 0 fully saturated rings. The van der Waals surface area contributed by atoms with E-state index in [0.717, 1.165) is 18.7 Å². The highest BCUT2D eigenvalue weighted by Gasteiger charge is 2.06. The molecule has 0 aliphatic rings. The molecule has 8 nitrogen and oxygen atoms in total. The van der Waals surface area contributed by atoms with Crippen LogP contribution in [-0.2, 0) is 6.42 Å². The molecular formula is C23H28N6O2. The summed E-state index contributed by atoms with van der Waals surface area (Å²) < 4.78 is 6.98. The third-order valence-corrected chi connectivity index (χ3v) is 4.67. The lowest BCUT2D eigenvalue weighted by atomic mass is 10.1. The van der Waals surface area contributed by atoms with Gasteiger partial charge in [-0.15, -0.1) is 0 Å². The Morgan fingerprint density at radius 1 is 1.03 bits per heavy atom. The minimum absolute atomic E-state index is 0.137. The summed E-state index contributed by atoms with van der Waals surface area (Å²) in [5.74, 6) is 1.22. The molecule has 2 aromatic carbocycles. The fourth-order valence-electron chi connectivity index (χ4n) is 3.01. The quantitative estimate of drug-likeness (QED) is 0.280. The van der Waals surface area contributed by atoms with Crippen LogP contribution in [0.1, 0.15) is 15.9 Å². The van der Waals surface area contributed by atoms with Gasteiger partial charge in [0.15, 0.2) is 5.96 Å². The highest BCUT2D eigenvalue weighted by molar-refractivity contribution is 5.94. The van der Waals surface area contributed by atoms with Crippen LogP contribution in [0, 0.1) is 0 Å². The molecule has 0 unspecified atom stereocenters. The smallest absolute Gasteiger partial charge is 0.251 e. The third-order valence-electron chi connectivity index (χ3n) is 4.67.